The summed E-state index contributed by atoms with van der Waals surface area (Å²) in [4.78, 5) is 54.2. The number of carbonyl (C=O) groups is 4. The van der Waals surface area contributed by atoms with Gasteiger partial charge in [0.05, 0.1) is 12.1 Å². The number of Topliss-reactive ketones (excluding diaryl/α,β-unsaturated/α-hetero) is 1. The second kappa shape index (κ2) is 15.0. The van der Waals surface area contributed by atoms with E-state index in [4.69, 9.17) is 5.73 Å². The molecular formula is C34H55N5O5S. The molecule has 10 nitrogen and oxygen atoms in total. The lowest BCUT2D eigenvalue weighted by atomic mass is 9.78. The average molecular weight is 646 g/mol. The van der Waals surface area contributed by atoms with Crippen molar-refractivity contribution in [1.82, 2.24) is 20.9 Å². The fraction of sp³-hybridized carbons (Fsp3) is 0.765. The number of amides is 3. The third kappa shape index (κ3) is 9.83. The highest BCUT2D eigenvalue weighted by Crippen LogP contribution is 2.36. The van der Waals surface area contributed by atoms with Crippen LogP contribution >= 0.6 is 11.3 Å². The van der Waals surface area contributed by atoms with Crippen molar-refractivity contribution in [1.29, 1.82) is 0 Å². The largest absolute Gasteiger partial charge is 0.365 e. The molecule has 3 aliphatic rings. The van der Waals surface area contributed by atoms with Gasteiger partial charge in [-0.3, -0.25) is 29.8 Å². The van der Waals surface area contributed by atoms with Crippen molar-refractivity contribution < 1.29 is 24.3 Å². The highest BCUT2D eigenvalue weighted by molar-refractivity contribution is 7.07. The van der Waals surface area contributed by atoms with Crippen LogP contribution in [0.4, 0.5) is 0 Å². The van der Waals surface area contributed by atoms with Gasteiger partial charge in [0.1, 0.15) is 6.04 Å². The number of thiophene rings is 1. The van der Waals surface area contributed by atoms with E-state index in [0.29, 0.717) is 25.3 Å². The molecule has 252 valence electrons. The molecule has 1 aromatic rings. The Balaban J connectivity index is 1.52. The summed E-state index contributed by atoms with van der Waals surface area (Å²) in [7, 11) is 0. The Bertz CT molecular complexity index is 1170. The maximum absolute atomic E-state index is 14.4. The van der Waals surface area contributed by atoms with E-state index in [1.54, 1.807) is 16.2 Å². The highest BCUT2D eigenvalue weighted by Gasteiger charge is 2.46. The maximum atomic E-state index is 14.4. The number of aliphatic hydroxyl groups excluding tert-OH is 1. The summed E-state index contributed by atoms with van der Waals surface area (Å²) in [6.45, 7) is 10.5. The molecule has 3 fully saturated rings. The van der Waals surface area contributed by atoms with Gasteiger partial charge in [-0.05, 0) is 84.1 Å². The van der Waals surface area contributed by atoms with Gasteiger partial charge in [0, 0.05) is 12.1 Å². The Morgan fingerprint density at radius 1 is 1.09 bits per heavy atom. The molecule has 0 radical (unpaired) electrons. The van der Waals surface area contributed by atoms with Crippen LogP contribution < -0.4 is 21.7 Å². The van der Waals surface area contributed by atoms with Gasteiger partial charge in [0.25, 0.3) is 5.91 Å². The molecule has 2 saturated carbocycles. The minimum absolute atomic E-state index is 0.109. The van der Waals surface area contributed by atoms with Crippen LogP contribution in [0.3, 0.4) is 0 Å². The van der Waals surface area contributed by atoms with Gasteiger partial charge in [-0.1, -0.05) is 66.7 Å². The van der Waals surface area contributed by atoms with Gasteiger partial charge >= 0.3 is 0 Å². The molecule has 1 aromatic heterocycles. The molecule has 5 atom stereocenters. The topological polar surface area (TPSA) is 154 Å². The quantitative estimate of drug-likeness (QED) is 0.145. The van der Waals surface area contributed by atoms with Crippen LogP contribution in [0.25, 0.3) is 0 Å². The molecule has 4 rings (SSSR count). The van der Waals surface area contributed by atoms with E-state index in [9.17, 15) is 24.3 Å². The second-order valence-electron chi connectivity index (χ2n) is 15.4. The number of hydrogen-bond acceptors (Lipinski definition) is 8. The number of nitrogens with two attached hydrogens (primary N) is 1. The number of primary amides is 1. The van der Waals surface area contributed by atoms with Gasteiger partial charge in [0.2, 0.25) is 17.6 Å². The van der Waals surface area contributed by atoms with Crippen molar-refractivity contribution in [2.75, 3.05) is 6.54 Å². The summed E-state index contributed by atoms with van der Waals surface area (Å²) in [6.07, 6.45) is 8.47. The van der Waals surface area contributed by atoms with Gasteiger partial charge < -0.3 is 21.1 Å². The molecule has 2 aliphatic carbocycles. The summed E-state index contributed by atoms with van der Waals surface area (Å²) in [6, 6.07) is -0.434. The van der Waals surface area contributed by atoms with Crippen LogP contribution in [0.1, 0.15) is 104 Å². The number of aliphatic hydroxyl groups is 1. The van der Waals surface area contributed by atoms with E-state index in [1.807, 2.05) is 20.8 Å². The zero-order valence-corrected chi connectivity index (χ0v) is 28.6. The Morgan fingerprint density at radius 2 is 1.78 bits per heavy atom. The lowest BCUT2D eigenvalue weighted by Crippen LogP contribution is -2.64. The fourth-order valence-corrected chi connectivity index (χ4v) is 8.01. The monoisotopic (exact) mass is 645 g/mol. The van der Waals surface area contributed by atoms with Gasteiger partial charge in [-0.2, -0.15) is 11.3 Å². The Morgan fingerprint density at radius 3 is 2.33 bits per heavy atom. The van der Waals surface area contributed by atoms with Gasteiger partial charge in [-0.25, -0.2) is 0 Å². The Labute approximate surface area is 272 Å². The van der Waals surface area contributed by atoms with Crippen LogP contribution in [-0.2, 0) is 25.6 Å². The summed E-state index contributed by atoms with van der Waals surface area (Å²) < 4.78 is 0. The molecular weight excluding hydrogens is 590 g/mol. The van der Waals surface area contributed by atoms with E-state index < -0.39 is 47.5 Å². The molecule has 2 heterocycles. The zero-order valence-electron chi connectivity index (χ0n) is 27.8. The summed E-state index contributed by atoms with van der Waals surface area (Å²) in [5, 5.41) is 25.2. The molecule has 2 unspecified atom stereocenters. The lowest BCUT2D eigenvalue weighted by molar-refractivity contribution is -0.144. The van der Waals surface area contributed by atoms with Crippen LogP contribution in [0.15, 0.2) is 16.8 Å². The summed E-state index contributed by atoms with van der Waals surface area (Å²) in [5.74, 6) is -1.78. The van der Waals surface area contributed by atoms with Gasteiger partial charge in [0.15, 0.2) is 6.35 Å². The van der Waals surface area contributed by atoms with Crippen LogP contribution in [-0.4, -0.2) is 70.1 Å². The number of ketones is 1. The van der Waals surface area contributed by atoms with Crippen molar-refractivity contribution in [2.24, 2.45) is 28.9 Å². The van der Waals surface area contributed by atoms with Crippen molar-refractivity contribution >= 4 is 34.8 Å². The standard InChI is InChI=1S/C34H55N5O5S/c1-21(2)15-24-17-26(30(42)36-25(16-22-9-10-22)27(40)29(35)41)39(19-24)31(43)28(33(3,4)5)37-32(44)38-34(12-7-6-8-13-34)18-23-11-14-45-20-23/h11,14,20-22,24-26,28,32,37-38,44H,6-10,12-13,15-19H2,1-5H3,(H2,35,41)(H,36,42)/t24-,25?,26+,28-,32?/m1/s1. The molecule has 0 bridgehead atoms. The first kappa shape index (κ1) is 35.5. The first-order valence-electron chi connectivity index (χ1n) is 16.8. The number of rotatable bonds is 15. The molecule has 6 N–H and O–H groups in total. The van der Waals surface area contributed by atoms with Crippen LogP contribution in [0, 0.1) is 23.2 Å². The van der Waals surface area contributed by atoms with Crippen molar-refractivity contribution in [2.45, 2.75) is 135 Å². The first-order chi connectivity index (χ1) is 21.2. The SMILES string of the molecule is CC(C)C[C@@H]1C[C@@H](C(=O)NC(CC2CC2)C(=O)C(N)=O)N(C(=O)[C@@H](NC(O)NC2(Cc3ccsc3)CCCCC2)C(C)(C)C)C1. The van der Waals surface area contributed by atoms with Crippen molar-refractivity contribution in [3.05, 3.63) is 22.4 Å². The third-order valence-electron chi connectivity index (χ3n) is 9.73. The van der Waals surface area contributed by atoms with E-state index in [2.05, 4.69) is 46.6 Å². The normalized spacial score (nSPS) is 23.8. The predicted octanol–water partition coefficient (Wildman–Crippen LogP) is 3.47. The van der Waals surface area contributed by atoms with Crippen LogP contribution in [0.2, 0.25) is 0 Å². The van der Waals surface area contributed by atoms with E-state index in [1.165, 1.54) is 12.0 Å². The zero-order chi connectivity index (χ0) is 32.9. The van der Waals surface area contributed by atoms with E-state index >= 15 is 0 Å². The fourth-order valence-electron chi connectivity index (χ4n) is 7.34. The number of likely N-dealkylation sites (tertiary alicyclic amines) is 1. The predicted molar refractivity (Wildman–Crippen MR) is 176 cm³/mol. The van der Waals surface area contributed by atoms with Crippen LogP contribution in [0.5, 0.6) is 0 Å². The Hall–Kier alpha value is -2.34. The lowest BCUT2D eigenvalue weighted by Gasteiger charge is -2.42. The third-order valence-corrected chi connectivity index (χ3v) is 10.5. The number of hydrogen-bond donors (Lipinski definition) is 5. The van der Waals surface area contributed by atoms with Crippen molar-refractivity contribution in [3.63, 3.8) is 0 Å². The summed E-state index contributed by atoms with van der Waals surface area (Å²) in [5.41, 5.74) is 5.70. The molecule has 3 amide bonds. The van der Waals surface area contributed by atoms with Gasteiger partial charge in [-0.15, -0.1) is 0 Å². The molecule has 1 saturated heterocycles. The Kier molecular flexibility index (Phi) is 11.9. The molecule has 11 heteroatoms. The minimum atomic E-state index is -1.13. The number of nitrogens with zero attached hydrogens (tertiary/aromatic N) is 1. The van der Waals surface area contributed by atoms with E-state index in [0.717, 1.165) is 51.4 Å². The molecule has 0 aromatic carbocycles. The molecule has 45 heavy (non-hydrogen) atoms. The minimum Gasteiger partial charge on any atom is -0.365 e. The van der Waals surface area contributed by atoms with Crippen molar-refractivity contribution in [3.8, 4) is 0 Å². The maximum Gasteiger partial charge on any atom is 0.287 e. The second-order valence-corrected chi connectivity index (χ2v) is 16.1. The molecule has 0 spiro atoms. The number of nitrogens with one attached hydrogen (secondary N) is 3. The summed E-state index contributed by atoms with van der Waals surface area (Å²) >= 11 is 1.67. The van der Waals surface area contributed by atoms with E-state index in [-0.39, 0.29) is 23.3 Å². The number of carbonyl (C=O) groups excluding carboxylic acids is 4. The molecule has 1 aliphatic heterocycles. The first-order valence-corrected chi connectivity index (χ1v) is 17.8. The smallest absolute Gasteiger partial charge is 0.287 e. The average Bonchev–Trinajstić information content (AvgIpc) is 3.44. The highest BCUT2D eigenvalue weighted by atomic mass is 32.1.